The Labute approximate surface area is 93.5 Å². The minimum absolute atomic E-state index is 0.0621. The predicted octanol–water partition coefficient (Wildman–Crippen LogP) is 2.26. The molecule has 0 aliphatic heterocycles. The lowest BCUT2D eigenvalue weighted by molar-refractivity contribution is 0.0695. The van der Waals surface area contributed by atoms with Gasteiger partial charge in [-0.05, 0) is 43.0 Å². The van der Waals surface area contributed by atoms with Crippen molar-refractivity contribution in [1.82, 2.24) is 0 Å². The van der Waals surface area contributed by atoms with Gasteiger partial charge in [-0.1, -0.05) is 6.92 Å². The van der Waals surface area contributed by atoms with Gasteiger partial charge in [0.25, 0.3) is 0 Å². The molecule has 0 aliphatic carbocycles. The van der Waals surface area contributed by atoms with E-state index in [-0.39, 0.29) is 11.1 Å². The van der Waals surface area contributed by atoms with Gasteiger partial charge in [-0.2, -0.15) is 0 Å². The van der Waals surface area contributed by atoms with E-state index in [0.717, 1.165) is 0 Å². The van der Waals surface area contributed by atoms with E-state index in [9.17, 15) is 9.59 Å². The summed E-state index contributed by atoms with van der Waals surface area (Å²) < 4.78 is 0. The van der Waals surface area contributed by atoms with E-state index in [0.29, 0.717) is 23.1 Å². The Kier molecular flexibility index (Phi) is 3.32. The van der Waals surface area contributed by atoms with Crippen LogP contribution in [0.15, 0.2) is 6.07 Å². The first kappa shape index (κ1) is 12.2. The Bertz CT molecular complexity index is 461. The minimum atomic E-state index is -1.09. The van der Waals surface area contributed by atoms with Gasteiger partial charge in [0.15, 0.2) is 0 Å². The van der Waals surface area contributed by atoms with Crippen molar-refractivity contribution in [3.8, 4) is 0 Å². The molecule has 0 heterocycles. The Morgan fingerprint density at radius 2 is 1.75 bits per heavy atom. The van der Waals surface area contributed by atoms with Gasteiger partial charge in [0.05, 0.1) is 11.1 Å². The summed E-state index contributed by atoms with van der Waals surface area (Å²) in [6.07, 6.45) is 0.578. The maximum atomic E-state index is 11.1. The summed E-state index contributed by atoms with van der Waals surface area (Å²) >= 11 is 0. The van der Waals surface area contributed by atoms with E-state index >= 15 is 0 Å². The van der Waals surface area contributed by atoms with E-state index in [1.807, 2.05) is 6.92 Å². The first-order valence-electron chi connectivity index (χ1n) is 4.99. The molecule has 0 saturated carbocycles. The SMILES string of the molecule is CCc1c(C)cc(C(=O)O)c(C)c1C(=O)O. The Morgan fingerprint density at radius 3 is 2.12 bits per heavy atom. The van der Waals surface area contributed by atoms with Crippen LogP contribution in [-0.4, -0.2) is 22.2 Å². The molecule has 0 saturated heterocycles. The first-order chi connectivity index (χ1) is 7.40. The number of rotatable bonds is 3. The van der Waals surface area contributed by atoms with Gasteiger partial charge in [-0.25, -0.2) is 9.59 Å². The van der Waals surface area contributed by atoms with Crippen LogP contribution in [0.5, 0.6) is 0 Å². The zero-order chi connectivity index (χ0) is 12.5. The molecule has 1 aromatic rings. The Morgan fingerprint density at radius 1 is 1.19 bits per heavy atom. The van der Waals surface area contributed by atoms with Crippen LogP contribution in [0.25, 0.3) is 0 Å². The van der Waals surface area contributed by atoms with Crippen LogP contribution < -0.4 is 0 Å². The third kappa shape index (κ3) is 1.91. The van der Waals surface area contributed by atoms with Crippen LogP contribution in [0.4, 0.5) is 0 Å². The summed E-state index contributed by atoms with van der Waals surface area (Å²) in [7, 11) is 0. The van der Waals surface area contributed by atoms with Crippen molar-refractivity contribution in [2.24, 2.45) is 0 Å². The second-order valence-corrected chi connectivity index (χ2v) is 3.68. The highest BCUT2D eigenvalue weighted by molar-refractivity contribution is 5.98. The molecule has 0 atom stereocenters. The number of benzene rings is 1. The molecule has 4 nitrogen and oxygen atoms in total. The molecule has 1 aromatic carbocycles. The number of aromatic carboxylic acids is 2. The summed E-state index contributed by atoms with van der Waals surface area (Å²) in [5, 5.41) is 18.1. The zero-order valence-corrected chi connectivity index (χ0v) is 9.50. The van der Waals surface area contributed by atoms with Gasteiger partial charge < -0.3 is 10.2 Å². The molecule has 0 fully saturated rings. The quantitative estimate of drug-likeness (QED) is 0.822. The zero-order valence-electron chi connectivity index (χ0n) is 9.50. The highest BCUT2D eigenvalue weighted by Crippen LogP contribution is 2.23. The van der Waals surface area contributed by atoms with E-state index in [2.05, 4.69) is 0 Å². The highest BCUT2D eigenvalue weighted by atomic mass is 16.4. The maximum absolute atomic E-state index is 11.1. The van der Waals surface area contributed by atoms with Crippen LogP contribution in [0, 0.1) is 13.8 Å². The molecule has 0 unspecified atom stereocenters. The molecule has 0 radical (unpaired) electrons. The average Bonchev–Trinajstić information content (AvgIpc) is 2.19. The lowest BCUT2D eigenvalue weighted by atomic mass is 9.91. The lowest BCUT2D eigenvalue weighted by Gasteiger charge is -2.13. The van der Waals surface area contributed by atoms with E-state index in [4.69, 9.17) is 10.2 Å². The van der Waals surface area contributed by atoms with Gasteiger partial charge in [0, 0.05) is 0 Å². The van der Waals surface area contributed by atoms with Gasteiger partial charge in [-0.15, -0.1) is 0 Å². The fourth-order valence-electron chi connectivity index (χ4n) is 1.94. The van der Waals surface area contributed by atoms with Crippen molar-refractivity contribution in [3.63, 3.8) is 0 Å². The summed E-state index contributed by atoms with van der Waals surface area (Å²) in [5.74, 6) is -2.16. The molecular formula is C12H14O4. The van der Waals surface area contributed by atoms with Crippen LogP contribution in [0.1, 0.15) is 44.3 Å². The maximum Gasteiger partial charge on any atom is 0.336 e. The molecule has 2 N–H and O–H groups in total. The Balaban J connectivity index is 3.65. The normalized spacial score (nSPS) is 10.2. The molecule has 0 bridgehead atoms. The fraction of sp³-hybridized carbons (Fsp3) is 0.333. The second kappa shape index (κ2) is 4.35. The second-order valence-electron chi connectivity index (χ2n) is 3.68. The van der Waals surface area contributed by atoms with Crippen molar-refractivity contribution >= 4 is 11.9 Å². The molecule has 4 heteroatoms. The molecule has 0 spiro atoms. The first-order valence-corrected chi connectivity index (χ1v) is 4.99. The van der Waals surface area contributed by atoms with Crippen molar-refractivity contribution in [2.75, 3.05) is 0 Å². The number of aryl methyl sites for hydroxylation is 1. The summed E-state index contributed by atoms with van der Waals surface area (Å²) in [6, 6.07) is 1.53. The number of carbonyl (C=O) groups is 2. The smallest absolute Gasteiger partial charge is 0.336 e. The summed E-state index contributed by atoms with van der Waals surface area (Å²) in [5.41, 5.74) is 1.92. The summed E-state index contributed by atoms with van der Waals surface area (Å²) in [6.45, 7) is 5.12. The van der Waals surface area contributed by atoms with E-state index in [1.165, 1.54) is 13.0 Å². The predicted molar refractivity (Wildman–Crippen MR) is 59.2 cm³/mol. The van der Waals surface area contributed by atoms with Crippen LogP contribution in [0.2, 0.25) is 0 Å². The Hall–Kier alpha value is -1.84. The molecule has 86 valence electrons. The van der Waals surface area contributed by atoms with Gasteiger partial charge in [0.1, 0.15) is 0 Å². The molecular weight excluding hydrogens is 208 g/mol. The molecule has 16 heavy (non-hydrogen) atoms. The fourth-order valence-corrected chi connectivity index (χ4v) is 1.94. The third-order valence-corrected chi connectivity index (χ3v) is 2.72. The van der Waals surface area contributed by atoms with Crippen molar-refractivity contribution in [2.45, 2.75) is 27.2 Å². The number of hydrogen-bond donors (Lipinski definition) is 2. The number of hydrogen-bond acceptors (Lipinski definition) is 2. The monoisotopic (exact) mass is 222 g/mol. The van der Waals surface area contributed by atoms with Crippen LogP contribution >= 0.6 is 0 Å². The lowest BCUT2D eigenvalue weighted by Crippen LogP contribution is -2.12. The van der Waals surface area contributed by atoms with Crippen molar-refractivity contribution in [3.05, 3.63) is 33.9 Å². The van der Waals surface area contributed by atoms with Gasteiger partial charge in [0.2, 0.25) is 0 Å². The van der Waals surface area contributed by atoms with Gasteiger partial charge in [-0.3, -0.25) is 0 Å². The topological polar surface area (TPSA) is 74.6 Å². The highest BCUT2D eigenvalue weighted by Gasteiger charge is 2.20. The third-order valence-electron chi connectivity index (χ3n) is 2.72. The average molecular weight is 222 g/mol. The van der Waals surface area contributed by atoms with Crippen LogP contribution in [-0.2, 0) is 6.42 Å². The molecule has 0 aliphatic rings. The minimum Gasteiger partial charge on any atom is -0.478 e. The largest absolute Gasteiger partial charge is 0.478 e. The molecule has 1 rings (SSSR count). The van der Waals surface area contributed by atoms with Gasteiger partial charge >= 0.3 is 11.9 Å². The van der Waals surface area contributed by atoms with Crippen molar-refractivity contribution in [1.29, 1.82) is 0 Å². The molecule has 0 aromatic heterocycles. The number of carboxylic acids is 2. The summed E-state index contributed by atoms with van der Waals surface area (Å²) in [4.78, 5) is 22.1. The standard InChI is InChI=1S/C12H14O4/c1-4-8-6(2)5-9(11(13)14)7(3)10(8)12(15)16/h5H,4H2,1-3H3,(H,13,14)(H,15,16). The number of carboxylic acid groups (broad SMARTS) is 2. The van der Waals surface area contributed by atoms with E-state index in [1.54, 1.807) is 6.92 Å². The van der Waals surface area contributed by atoms with E-state index < -0.39 is 11.9 Å². The van der Waals surface area contributed by atoms with Crippen LogP contribution in [0.3, 0.4) is 0 Å². The van der Waals surface area contributed by atoms with Crippen molar-refractivity contribution < 1.29 is 19.8 Å². The molecule has 0 amide bonds.